The highest BCUT2D eigenvalue weighted by atomic mass is 35.5. The summed E-state index contributed by atoms with van der Waals surface area (Å²) in [5, 5.41) is 0.936. The van der Waals surface area contributed by atoms with Crippen molar-refractivity contribution in [3.8, 4) is 6.01 Å². The van der Waals surface area contributed by atoms with Crippen LogP contribution in [-0.2, 0) is 0 Å². The second-order valence-corrected chi connectivity index (χ2v) is 4.58. The van der Waals surface area contributed by atoms with Crippen molar-refractivity contribution in [2.75, 3.05) is 6.61 Å². The Morgan fingerprint density at radius 2 is 2.00 bits per heavy atom. The quantitative estimate of drug-likeness (QED) is 0.855. The molecule has 0 saturated carbocycles. The zero-order valence-corrected chi connectivity index (χ0v) is 11.7. The second kappa shape index (κ2) is 5.53. The molecule has 0 aliphatic carbocycles. The van der Waals surface area contributed by atoms with Gasteiger partial charge in [-0.2, -0.15) is 15.0 Å². The molecule has 0 atom stereocenters. The van der Waals surface area contributed by atoms with Gasteiger partial charge in [0.15, 0.2) is 0 Å². The molecule has 8 heteroatoms. The van der Waals surface area contributed by atoms with E-state index in [4.69, 9.17) is 20.8 Å². The van der Waals surface area contributed by atoms with Crippen molar-refractivity contribution in [2.24, 2.45) is 0 Å². The highest BCUT2D eigenvalue weighted by molar-refractivity contribution is 7.98. The van der Waals surface area contributed by atoms with Crippen molar-refractivity contribution < 1.29 is 9.15 Å². The van der Waals surface area contributed by atoms with Crippen LogP contribution in [-0.4, -0.2) is 26.5 Å². The van der Waals surface area contributed by atoms with E-state index in [9.17, 15) is 0 Å². The van der Waals surface area contributed by atoms with Gasteiger partial charge in [0.25, 0.3) is 5.22 Å². The van der Waals surface area contributed by atoms with E-state index in [1.54, 1.807) is 0 Å². The summed E-state index contributed by atoms with van der Waals surface area (Å²) >= 11 is 6.95. The molecular formula is C10H11ClN4O2S. The van der Waals surface area contributed by atoms with Crippen LogP contribution in [0.5, 0.6) is 6.01 Å². The van der Waals surface area contributed by atoms with Crippen LogP contribution in [0.25, 0.3) is 0 Å². The van der Waals surface area contributed by atoms with Gasteiger partial charge >= 0.3 is 6.01 Å². The van der Waals surface area contributed by atoms with Gasteiger partial charge in [0.1, 0.15) is 5.76 Å². The molecular weight excluding hydrogens is 276 g/mol. The first-order valence-corrected chi connectivity index (χ1v) is 6.44. The Balaban J connectivity index is 2.22. The molecule has 2 aromatic rings. The lowest BCUT2D eigenvalue weighted by Crippen LogP contribution is -2.00. The summed E-state index contributed by atoms with van der Waals surface area (Å²) in [6, 6.07) is 0.194. The van der Waals surface area contributed by atoms with Gasteiger partial charge in [-0.25, -0.2) is 4.98 Å². The molecule has 2 heterocycles. The summed E-state index contributed by atoms with van der Waals surface area (Å²) < 4.78 is 10.6. The molecule has 96 valence electrons. The molecule has 0 aliphatic heterocycles. The van der Waals surface area contributed by atoms with Crippen molar-refractivity contribution in [3.63, 3.8) is 0 Å². The minimum atomic E-state index is 0.0796. The summed E-state index contributed by atoms with van der Waals surface area (Å²) in [4.78, 5) is 16.1. The third-order valence-corrected chi connectivity index (χ3v) is 2.91. The molecule has 0 amide bonds. The molecule has 2 aromatic heterocycles. The summed E-state index contributed by atoms with van der Waals surface area (Å²) in [7, 11) is 0. The molecule has 0 aliphatic rings. The number of ether oxygens (including phenoxy) is 1. The summed E-state index contributed by atoms with van der Waals surface area (Å²) in [6.07, 6.45) is 0. The number of nitrogens with zero attached hydrogens (tertiary/aromatic N) is 4. The lowest BCUT2D eigenvalue weighted by atomic mass is 10.4. The maximum absolute atomic E-state index is 5.78. The Morgan fingerprint density at radius 1 is 1.22 bits per heavy atom. The molecule has 0 saturated heterocycles. The molecule has 0 aromatic carbocycles. The smallest absolute Gasteiger partial charge is 0.321 e. The fourth-order valence-electron chi connectivity index (χ4n) is 1.12. The van der Waals surface area contributed by atoms with Crippen molar-refractivity contribution >= 4 is 23.4 Å². The zero-order chi connectivity index (χ0) is 13.1. The number of hydrogen-bond donors (Lipinski definition) is 0. The summed E-state index contributed by atoms with van der Waals surface area (Å²) in [5.41, 5.74) is 0.836. The summed E-state index contributed by atoms with van der Waals surface area (Å²) in [5.74, 6) is 0.766. The van der Waals surface area contributed by atoms with E-state index in [2.05, 4.69) is 19.9 Å². The van der Waals surface area contributed by atoms with Crippen LogP contribution in [0.3, 0.4) is 0 Å². The lowest BCUT2D eigenvalue weighted by molar-refractivity contribution is 0.307. The Bertz CT molecular complexity index is 541. The molecule has 0 fully saturated rings. The van der Waals surface area contributed by atoms with E-state index < -0.39 is 0 Å². The van der Waals surface area contributed by atoms with Crippen LogP contribution in [0, 0.1) is 13.8 Å². The van der Waals surface area contributed by atoms with E-state index in [0.717, 1.165) is 11.5 Å². The van der Waals surface area contributed by atoms with Crippen LogP contribution < -0.4 is 4.74 Å². The molecule has 0 radical (unpaired) electrons. The first-order valence-electron chi connectivity index (χ1n) is 5.24. The second-order valence-electron chi connectivity index (χ2n) is 3.33. The first-order chi connectivity index (χ1) is 8.58. The van der Waals surface area contributed by atoms with Gasteiger partial charge in [-0.15, -0.1) is 0 Å². The first kappa shape index (κ1) is 13.1. The molecule has 18 heavy (non-hydrogen) atoms. The van der Waals surface area contributed by atoms with Crippen LogP contribution in [0.2, 0.25) is 5.28 Å². The number of rotatable bonds is 4. The van der Waals surface area contributed by atoms with Gasteiger partial charge in [-0.3, -0.25) is 0 Å². The molecule has 0 spiro atoms. The standard InChI is InChI=1S/C10H11ClN4O2S/c1-4-16-8-13-7(11)14-9(15-8)18-10-12-5(2)6(3)17-10/h4H2,1-3H3. The number of aromatic nitrogens is 4. The van der Waals surface area contributed by atoms with E-state index >= 15 is 0 Å². The summed E-state index contributed by atoms with van der Waals surface area (Å²) in [6.45, 7) is 6.01. The average molecular weight is 287 g/mol. The Hall–Kier alpha value is -1.34. The van der Waals surface area contributed by atoms with Crippen LogP contribution in [0.1, 0.15) is 18.4 Å². The molecule has 0 unspecified atom stereocenters. The number of oxazole rings is 1. The largest absolute Gasteiger partial charge is 0.464 e. The number of halogens is 1. The monoisotopic (exact) mass is 286 g/mol. The number of aryl methyl sites for hydroxylation is 2. The fourth-order valence-corrected chi connectivity index (χ4v) is 2.08. The Labute approximate surface area is 113 Å². The van der Waals surface area contributed by atoms with Crippen molar-refractivity contribution in [2.45, 2.75) is 31.2 Å². The van der Waals surface area contributed by atoms with E-state index in [1.165, 1.54) is 11.8 Å². The topological polar surface area (TPSA) is 73.9 Å². The Kier molecular flexibility index (Phi) is 4.03. The van der Waals surface area contributed by atoms with Gasteiger partial charge in [-0.05, 0) is 32.4 Å². The molecule has 6 nitrogen and oxygen atoms in total. The molecule has 2 rings (SSSR count). The van der Waals surface area contributed by atoms with Crippen LogP contribution >= 0.6 is 23.4 Å². The normalized spacial score (nSPS) is 10.7. The van der Waals surface area contributed by atoms with Gasteiger partial charge in [0, 0.05) is 11.8 Å². The van der Waals surface area contributed by atoms with Gasteiger partial charge in [0.2, 0.25) is 10.4 Å². The van der Waals surface area contributed by atoms with Crippen molar-refractivity contribution in [3.05, 3.63) is 16.7 Å². The van der Waals surface area contributed by atoms with Crippen molar-refractivity contribution in [1.82, 2.24) is 19.9 Å². The third-order valence-electron chi connectivity index (χ3n) is 2.03. The van der Waals surface area contributed by atoms with Gasteiger partial charge < -0.3 is 9.15 Å². The van der Waals surface area contributed by atoms with Crippen molar-refractivity contribution in [1.29, 1.82) is 0 Å². The minimum absolute atomic E-state index is 0.0796. The predicted molar refractivity (Wildman–Crippen MR) is 66.1 cm³/mol. The molecule has 0 N–H and O–H groups in total. The number of hydrogen-bond acceptors (Lipinski definition) is 7. The third kappa shape index (κ3) is 3.11. The van der Waals surface area contributed by atoms with Crippen LogP contribution in [0.15, 0.2) is 14.8 Å². The zero-order valence-electron chi connectivity index (χ0n) is 10.1. The predicted octanol–water partition coefficient (Wildman–Crippen LogP) is 2.68. The van der Waals surface area contributed by atoms with Crippen LogP contribution in [0.4, 0.5) is 0 Å². The van der Waals surface area contributed by atoms with Gasteiger partial charge in [-0.1, -0.05) is 0 Å². The molecule has 0 bridgehead atoms. The maximum Gasteiger partial charge on any atom is 0.321 e. The highest BCUT2D eigenvalue weighted by Crippen LogP contribution is 2.27. The van der Waals surface area contributed by atoms with Gasteiger partial charge in [0.05, 0.1) is 12.3 Å². The lowest BCUT2D eigenvalue weighted by Gasteiger charge is -2.02. The van der Waals surface area contributed by atoms with E-state index in [1.807, 2.05) is 20.8 Å². The Morgan fingerprint density at radius 3 is 2.61 bits per heavy atom. The SMILES string of the molecule is CCOc1nc(Cl)nc(Sc2nc(C)c(C)o2)n1. The van der Waals surface area contributed by atoms with E-state index in [0.29, 0.717) is 17.0 Å². The van der Waals surface area contributed by atoms with E-state index in [-0.39, 0.29) is 11.3 Å². The fraction of sp³-hybridized carbons (Fsp3) is 0.400. The minimum Gasteiger partial charge on any atom is -0.464 e. The maximum atomic E-state index is 5.78. The highest BCUT2D eigenvalue weighted by Gasteiger charge is 2.12. The average Bonchev–Trinajstić information content (AvgIpc) is 2.57.